The van der Waals surface area contributed by atoms with Crippen LogP contribution in [-0.2, 0) is 27.4 Å². The van der Waals surface area contributed by atoms with Crippen molar-refractivity contribution in [2.75, 3.05) is 0 Å². The quantitative estimate of drug-likeness (QED) is 0.702. The van der Waals surface area contributed by atoms with E-state index in [1.165, 1.54) is 0 Å². The highest BCUT2D eigenvalue weighted by Gasteiger charge is 2.37. The van der Waals surface area contributed by atoms with Crippen molar-refractivity contribution in [1.82, 2.24) is 10.6 Å². The van der Waals surface area contributed by atoms with E-state index < -0.39 is 17.1 Å². The van der Waals surface area contributed by atoms with Crippen molar-refractivity contribution in [1.29, 1.82) is 0 Å². The van der Waals surface area contributed by atoms with Gasteiger partial charge < -0.3 is 10.1 Å². The standard InChI is InChI=1S/C22H28N2O3/c1-21(2,24-16-18-13-9-6-10-14-18)20(26)27-22(3,4)19(25)23-15-17-11-7-5-8-12-17/h5-14,24H,15-16H2,1-4H3,(H,23,25). The molecule has 0 aromatic heterocycles. The molecule has 0 aliphatic heterocycles. The van der Waals surface area contributed by atoms with E-state index in [1.54, 1.807) is 27.7 Å². The Hall–Kier alpha value is -2.66. The summed E-state index contributed by atoms with van der Waals surface area (Å²) < 4.78 is 5.53. The van der Waals surface area contributed by atoms with Crippen LogP contribution in [-0.4, -0.2) is 23.0 Å². The molecule has 0 bridgehead atoms. The Bertz CT molecular complexity index is 756. The molecule has 2 aromatic carbocycles. The van der Waals surface area contributed by atoms with Crippen LogP contribution in [0.1, 0.15) is 38.8 Å². The predicted molar refractivity (Wildman–Crippen MR) is 106 cm³/mol. The van der Waals surface area contributed by atoms with E-state index in [0.29, 0.717) is 13.1 Å². The SMILES string of the molecule is CC(C)(NCc1ccccc1)C(=O)OC(C)(C)C(=O)NCc1ccccc1. The summed E-state index contributed by atoms with van der Waals surface area (Å²) in [6.07, 6.45) is 0. The molecule has 27 heavy (non-hydrogen) atoms. The highest BCUT2D eigenvalue weighted by Crippen LogP contribution is 2.16. The molecule has 0 unspecified atom stereocenters. The first-order chi connectivity index (χ1) is 12.7. The lowest BCUT2D eigenvalue weighted by Gasteiger charge is -2.30. The molecule has 0 atom stereocenters. The molecule has 144 valence electrons. The Balaban J connectivity index is 1.89. The largest absolute Gasteiger partial charge is 0.448 e. The van der Waals surface area contributed by atoms with Gasteiger partial charge in [0, 0.05) is 13.1 Å². The molecule has 0 spiro atoms. The Morgan fingerprint density at radius 3 is 1.81 bits per heavy atom. The van der Waals surface area contributed by atoms with Crippen LogP contribution in [0.3, 0.4) is 0 Å². The highest BCUT2D eigenvalue weighted by molar-refractivity contribution is 5.89. The molecule has 0 radical (unpaired) electrons. The van der Waals surface area contributed by atoms with Crippen molar-refractivity contribution in [2.24, 2.45) is 0 Å². The summed E-state index contributed by atoms with van der Waals surface area (Å²) in [6.45, 7) is 7.60. The fourth-order valence-corrected chi connectivity index (χ4v) is 2.39. The van der Waals surface area contributed by atoms with Gasteiger partial charge in [-0.15, -0.1) is 0 Å². The maximum atomic E-state index is 12.6. The van der Waals surface area contributed by atoms with E-state index in [9.17, 15) is 9.59 Å². The van der Waals surface area contributed by atoms with E-state index in [-0.39, 0.29) is 5.91 Å². The van der Waals surface area contributed by atoms with Gasteiger partial charge in [-0.05, 0) is 38.8 Å². The molecule has 0 heterocycles. The number of nitrogens with one attached hydrogen (secondary N) is 2. The third-order valence-electron chi connectivity index (χ3n) is 4.28. The summed E-state index contributed by atoms with van der Waals surface area (Å²) in [5, 5.41) is 6.01. The van der Waals surface area contributed by atoms with Crippen molar-refractivity contribution in [3.63, 3.8) is 0 Å². The average molecular weight is 368 g/mol. The van der Waals surface area contributed by atoms with Gasteiger partial charge >= 0.3 is 5.97 Å². The maximum absolute atomic E-state index is 12.6. The van der Waals surface area contributed by atoms with Crippen LogP contribution in [0.25, 0.3) is 0 Å². The zero-order valence-electron chi connectivity index (χ0n) is 16.4. The predicted octanol–water partition coefficient (Wildman–Crippen LogP) is 3.19. The van der Waals surface area contributed by atoms with Crippen molar-refractivity contribution >= 4 is 11.9 Å². The van der Waals surface area contributed by atoms with Gasteiger partial charge in [-0.3, -0.25) is 14.9 Å². The molecule has 1 amide bonds. The lowest BCUT2D eigenvalue weighted by atomic mass is 10.0. The number of hydrogen-bond donors (Lipinski definition) is 2. The molecule has 2 rings (SSSR count). The number of amides is 1. The molecular weight excluding hydrogens is 340 g/mol. The number of benzene rings is 2. The third-order valence-corrected chi connectivity index (χ3v) is 4.28. The smallest absolute Gasteiger partial charge is 0.326 e. The van der Waals surface area contributed by atoms with Gasteiger partial charge in [0.1, 0.15) is 5.54 Å². The number of rotatable bonds is 8. The lowest BCUT2D eigenvalue weighted by molar-refractivity contribution is -0.170. The topological polar surface area (TPSA) is 67.4 Å². The molecule has 2 aromatic rings. The van der Waals surface area contributed by atoms with E-state index in [0.717, 1.165) is 11.1 Å². The summed E-state index contributed by atoms with van der Waals surface area (Å²) in [7, 11) is 0. The molecule has 0 saturated heterocycles. The first kappa shape index (κ1) is 20.6. The fourth-order valence-electron chi connectivity index (χ4n) is 2.39. The summed E-state index contributed by atoms with van der Waals surface area (Å²) >= 11 is 0. The van der Waals surface area contributed by atoms with Crippen LogP contribution in [0.4, 0.5) is 0 Å². The summed E-state index contributed by atoms with van der Waals surface area (Å²) in [5.74, 6) is -0.808. The van der Waals surface area contributed by atoms with E-state index >= 15 is 0 Å². The first-order valence-electron chi connectivity index (χ1n) is 9.05. The highest BCUT2D eigenvalue weighted by atomic mass is 16.6. The van der Waals surface area contributed by atoms with Crippen molar-refractivity contribution < 1.29 is 14.3 Å². The number of carbonyl (C=O) groups is 2. The number of ether oxygens (including phenoxy) is 1. The second-order valence-electron chi connectivity index (χ2n) is 7.53. The van der Waals surface area contributed by atoms with Crippen LogP contribution < -0.4 is 10.6 Å². The first-order valence-corrected chi connectivity index (χ1v) is 9.05. The van der Waals surface area contributed by atoms with Gasteiger partial charge in [0.15, 0.2) is 5.60 Å². The fraction of sp³-hybridized carbons (Fsp3) is 0.364. The second kappa shape index (κ2) is 8.82. The van der Waals surface area contributed by atoms with Crippen LogP contribution in [0, 0.1) is 0 Å². The number of esters is 1. The lowest BCUT2D eigenvalue weighted by Crippen LogP contribution is -2.53. The summed E-state index contributed by atoms with van der Waals surface area (Å²) in [5.41, 5.74) is -0.138. The molecule has 0 aliphatic rings. The Kier molecular flexibility index (Phi) is 6.75. The van der Waals surface area contributed by atoms with Crippen LogP contribution in [0.15, 0.2) is 60.7 Å². The van der Waals surface area contributed by atoms with E-state index in [1.807, 2.05) is 60.7 Å². The van der Waals surface area contributed by atoms with Gasteiger partial charge in [-0.2, -0.15) is 0 Å². The minimum Gasteiger partial charge on any atom is -0.448 e. The Morgan fingerprint density at radius 2 is 1.30 bits per heavy atom. The maximum Gasteiger partial charge on any atom is 0.326 e. The molecule has 5 nitrogen and oxygen atoms in total. The zero-order chi connectivity index (χ0) is 19.9. The second-order valence-corrected chi connectivity index (χ2v) is 7.53. The average Bonchev–Trinajstić information content (AvgIpc) is 2.65. The van der Waals surface area contributed by atoms with E-state index in [2.05, 4.69) is 10.6 Å². The van der Waals surface area contributed by atoms with Crippen molar-refractivity contribution in [2.45, 2.75) is 51.9 Å². The zero-order valence-corrected chi connectivity index (χ0v) is 16.4. The van der Waals surface area contributed by atoms with Crippen LogP contribution in [0.5, 0.6) is 0 Å². The molecule has 2 N–H and O–H groups in total. The third kappa shape index (κ3) is 6.22. The molecule has 0 saturated carbocycles. The molecule has 5 heteroatoms. The minimum absolute atomic E-state index is 0.335. The van der Waals surface area contributed by atoms with Gasteiger partial charge in [-0.1, -0.05) is 60.7 Å². The normalized spacial score (nSPS) is 11.7. The van der Waals surface area contributed by atoms with Gasteiger partial charge in [0.2, 0.25) is 0 Å². The Morgan fingerprint density at radius 1 is 0.815 bits per heavy atom. The van der Waals surface area contributed by atoms with Gasteiger partial charge in [0.05, 0.1) is 0 Å². The molecular formula is C22H28N2O3. The van der Waals surface area contributed by atoms with Crippen LogP contribution >= 0.6 is 0 Å². The van der Waals surface area contributed by atoms with Crippen molar-refractivity contribution in [3.8, 4) is 0 Å². The van der Waals surface area contributed by atoms with Gasteiger partial charge in [-0.25, -0.2) is 0 Å². The molecule has 0 fully saturated rings. The number of hydrogen-bond acceptors (Lipinski definition) is 4. The van der Waals surface area contributed by atoms with E-state index in [4.69, 9.17) is 4.74 Å². The molecule has 0 aliphatic carbocycles. The van der Waals surface area contributed by atoms with Gasteiger partial charge in [0.25, 0.3) is 5.91 Å². The minimum atomic E-state index is -1.27. The van der Waals surface area contributed by atoms with Crippen molar-refractivity contribution in [3.05, 3.63) is 71.8 Å². The Labute approximate surface area is 161 Å². The number of carbonyl (C=O) groups excluding carboxylic acids is 2. The monoisotopic (exact) mass is 368 g/mol. The summed E-state index contributed by atoms with van der Waals surface area (Å²) in [4.78, 5) is 25.1. The summed E-state index contributed by atoms with van der Waals surface area (Å²) in [6, 6.07) is 19.4. The van der Waals surface area contributed by atoms with Crippen LogP contribution in [0.2, 0.25) is 0 Å².